The van der Waals surface area contributed by atoms with Crippen LogP contribution in [0.2, 0.25) is 5.02 Å². The molecule has 1 aliphatic rings. The molecule has 0 saturated heterocycles. The van der Waals surface area contributed by atoms with Gasteiger partial charge in [-0.1, -0.05) is 31.0 Å². The van der Waals surface area contributed by atoms with Gasteiger partial charge in [0, 0.05) is 5.02 Å². The summed E-state index contributed by atoms with van der Waals surface area (Å²) >= 11 is 5.90. The second-order valence-corrected chi connectivity index (χ2v) is 8.06. The van der Waals surface area contributed by atoms with Crippen molar-refractivity contribution in [1.29, 1.82) is 0 Å². The van der Waals surface area contributed by atoms with Gasteiger partial charge >= 0.3 is 0 Å². The summed E-state index contributed by atoms with van der Waals surface area (Å²) in [4.78, 5) is 0.317. The molecule has 3 nitrogen and oxygen atoms in total. The fourth-order valence-electron chi connectivity index (χ4n) is 2.86. The fraction of sp³-hybridized carbons (Fsp3) is 0.571. The van der Waals surface area contributed by atoms with E-state index in [0.717, 1.165) is 12.8 Å². The van der Waals surface area contributed by atoms with Crippen LogP contribution in [0, 0.1) is 11.8 Å². The number of benzene rings is 1. The Hall–Kier alpha value is -0.580. The molecule has 1 saturated carbocycles. The number of hydrogen-bond acceptors (Lipinski definition) is 3. The second kappa shape index (κ2) is 5.81. The van der Waals surface area contributed by atoms with E-state index in [4.69, 9.17) is 17.3 Å². The molecule has 2 rings (SSSR count). The molecule has 1 aliphatic carbocycles. The Morgan fingerprint density at radius 2 is 2.11 bits per heavy atom. The second-order valence-electron chi connectivity index (χ2n) is 5.45. The van der Waals surface area contributed by atoms with Crippen LogP contribution in [0.5, 0.6) is 0 Å². The van der Waals surface area contributed by atoms with Crippen LogP contribution in [0.1, 0.15) is 26.2 Å². The van der Waals surface area contributed by atoms with Gasteiger partial charge in [-0.25, -0.2) is 8.42 Å². The van der Waals surface area contributed by atoms with Crippen molar-refractivity contribution in [3.05, 3.63) is 29.3 Å². The molecule has 0 amide bonds. The van der Waals surface area contributed by atoms with Crippen molar-refractivity contribution < 1.29 is 8.42 Å². The molecule has 3 atom stereocenters. The summed E-state index contributed by atoms with van der Waals surface area (Å²) < 4.78 is 25.5. The van der Waals surface area contributed by atoms with Gasteiger partial charge in [0.1, 0.15) is 0 Å². The van der Waals surface area contributed by atoms with Crippen LogP contribution < -0.4 is 5.73 Å². The first-order valence-corrected chi connectivity index (χ1v) is 8.57. The normalized spacial score (nSPS) is 28.3. The maximum Gasteiger partial charge on any atom is 0.181 e. The van der Waals surface area contributed by atoms with Crippen LogP contribution in [0.25, 0.3) is 0 Å². The van der Waals surface area contributed by atoms with E-state index in [0.29, 0.717) is 28.8 Å². The Bertz CT molecular complexity index is 544. The molecule has 0 heterocycles. The summed E-state index contributed by atoms with van der Waals surface area (Å²) in [6, 6.07) is 6.52. The number of nitrogens with two attached hydrogens (primary N) is 1. The quantitative estimate of drug-likeness (QED) is 0.934. The summed E-state index contributed by atoms with van der Waals surface area (Å²) in [7, 11) is -3.34. The largest absolute Gasteiger partial charge is 0.330 e. The monoisotopic (exact) mass is 301 g/mol. The minimum atomic E-state index is -3.34. The Morgan fingerprint density at radius 3 is 2.74 bits per heavy atom. The SMILES string of the molecule is CC1CCC(CN)C(S(=O)(=O)c2cccc(Cl)c2)C1. The molecular weight excluding hydrogens is 282 g/mol. The predicted octanol–water partition coefficient (Wildman–Crippen LogP) is 2.88. The Morgan fingerprint density at radius 1 is 1.37 bits per heavy atom. The highest BCUT2D eigenvalue weighted by Crippen LogP contribution is 2.36. The Balaban J connectivity index is 2.36. The third kappa shape index (κ3) is 3.12. The molecule has 1 aromatic rings. The summed E-state index contributed by atoms with van der Waals surface area (Å²) in [5.74, 6) is 0.488. The zero-order valence-electron chi connectivity index (χ0n) is 11.0. The van der Waals surface area contributed by atoms with Gasteiger partial charge in [0.05, 0.1) is 10.1 Å². The molecule has 0 bridgehead atoms. The van der Waals surface area contributed by atoms with Gasteiger partial charge in [-0.05, 0) is 49.4 Å². The molecule has 0 aliphatic heterocycles. The molecule has 19 heavy (non-hydrogen) atoms. The van der Waals surface area contributed by atoms with E-state index in [1.165, 1.54) is 6.07 Å². The van der Waals surface area contributed by atoms with Crippen molar-refractivity contribution in [2.24, 2.45) is 17.6 Å². The van der Waals surface area contributed by atoms with E-state index in [1.807, 2.05) is 0 Å². The lowest BCUT2D eigenvalue weighted by Gasteiger charge is -2.33. The molecular formula is C14H20ClNO2S. The number of hydrogen-bond donors (Lipinski definition) is 1. The summed E-state index contributed by atoms with van der Waals surface area (Å²) in [5, 5.41) is 0.0777. The molecule has 2 N–H and O–H groups in total. The minimum absolute atomic E-state index is 0.0557. The standard InChI is InChI=1S/C14H20ClNO2S/c1-10-5-6-11(9-16)14(7-10)19(17,18)13-4-2-3-12(15)8-13/h2-4,8,10-11,14H,5-7,9,16H2,1H3. The number of halogens is 1. The highest BCUT2D eigenvalue weighted by atomic mass is 35.5. The average molecular weight is 302 g/mol. The molecule has 0 radical (unpaired) electrons. The van der Waals surface area contributed by atoms with Crippen molar-refractivity contribution >= 4 is 21.4 Å². The van der Waals surface area contributed by atoms with E-state index in [9.17, 15) is 8.42 Å². The first-order chi connectivity index (χ1) is 8.95. The zero-order chi connectivity index (χ0) is 14.0. The lowest BCUT2D eigenvalue weighted by molar-refractivity contribution is 0.296. The lowest BCUT2D eigenvalue weighted by atomic mass is 9.82. The van der Waals surface area contributed by atoms with Crippen molar-refractivity contribution in [3.8, 4) is 0 Å². The Labute approximate surface area is 120 Å². The van der Waals surface area contributed by atoms with Crippen LogP contribution in [0.15, 0.2) is 29.2 Å². The van der Waals surface area contributed by atoms with E-state index in [2.05, 4.69) is 6.92 Å². The van der Waals surface area contributed by atoms with E-state index < -0.39 is 9.84 Å². The van der Waals surface area contributed by atoms with Gasteiger partial charge in [-0.3, -0.25) is 0 Å². The maximum atomic E-state index is 12.7. The Kier molecular flexibility index (Phi) is 4.54. The van der Waals surface area contributed by atoms with Crippen molar-refractivity contribution in [3.63, 3.8) is 0 Å². The molecule has 0 aromatic heterocycles. The van der Waals surface area contributed by atoms with Crippen molar-refractivity contribution in [2.75, 3.05) is 6.54 Å². The third-order valence-corrected chi connectivity index (χ3v) is 6.54. The summed E-state index contributed by atoms with van der Waals surface area (Å²) in [6.07, 6.45) is 2.64. The van der Waals surface area contributed by atoms with Gasteiger partial charge in [-0.2, -0.15) is 0 Å². The first-order valence-electron chi connectivity index (χ1n) is 6.64. The summed E-state index contributed by atoms with van der Waals surface area (Å²) in [5.41, 5.74) is 5.75. The highest BCUT2D eigenvalue weighted by molar-refractivity contribution is 7.92. The molecule has 0 spiro atoms. The van der Waals surface area contributed by atoms with Gasteiger partial charge in [-0.15, -0.1) is 0 Å². The van der Waals surface area contributed by atoms with Crippen molar-refractivity contribution in [2.45, 2.75) is 36.3 Å². The van der Waals surface area contributed by atoms with Crippen LogP contribution >= 0.6 is 11.6 Å². The minimum Gasteiger partial charge on any atom is -0.330 e. The number of sulfone groups is 1. The van der Waals surface area contributed by atoms with Crippen LogP contribution in [-0.4, -0.2) is 20.2 Å². The molecule has 106 valence electrons. The van der Waals surface area contributed by atoms with Crippen LogP contribution in [-0.2, 0) is 9.84 Å². The van der Waals surface area contributed by atoms with Gasteiger partial charge in [0.2, 0.25) is 0 Å². The van der Waals surface area contributed by atoms with E-state index in [1.54, 1.807) is 18.2 Å². The van der Waals surface area contributed by atoms with Crippen LogP contribution in [0.4, 0.5) is 0 Å². The predicted molar refractivity (Wildman–Crippen MR) is 78.0 cm³/mol. The fourth-order valence-corrected chi connectivity index (χ4v) is 5.36. The van der Waals surface area contributed by atoms with Gasteiger partial charge in [0.25, 0.3) is 0 Å². The molecule has 1 fully saturated rings. The average Bonchev–Trinajstić information content (AvgIpc) is 2.38. The van der Waals surface area contributed by atoms with Crippen LogP contribution in [0.3, 0.4) is 0 Å². The van der Waals surface area contributed by atoms with E-state index in [-0.39, 0.29) is 11.2 Å². The molecule has 1 aromatic carbocycles. The third-order valence-electron chi connectivity index (χ3n) is 4.02. The van der Waals surface area contributed by atoms with Gasteiger partial charge < -0.3 is 5.73 Å². The van der Waals surface area contributed by atoms with Crippen molar-refractivity contribution in [1.82, 2.24) is 0 Å². The smallest absolute Gasteiger partial charge is 0.181 e. The van der Waals surface area contributed by atoms with Gasteiger partial charge in [0.15, 0.2) is 9.84 Å². The maximum absolute atomic E-state index is 12.7. The highest BCUT2D eigenvalue weighted by Gasteiger charge is 2.37. The summed E-state index contributed by atoms with van der Waals surface area (Å²) in [6.45, 7) is 2.53. The van der Waals surface area contributed by atoms with E-state index >= 15 is 0 Å². The number of rotatable bonds is 3. The molecule has 3 unspecified atom stereocenters. The molecule has 5 heteroatoms. The first kappa shape index (κ1) is 14.8. The lowest BCUT2D eigenvalue weighted by Crippen LogP contribution is -2.39. The topological polar surface area (TPSA) is 60.2 Å². The zero-order valence-corrected chi connectivity index (χ0v) is 12.6.